The van der Waals surface area contributed by atoms with Gasteiger partial charge in [-0.25, -0.2) is 4.98 Å². The molecule has 3 heterocycles. The van der Waals surface area contributed by atoms with Crippen molar-refractivity contribution < 1.29 is 14.3 Å². The molecule has 2 unspecified atom stereocenters. The minimum absolute atomic E-state index is 0.139. The first-order valence-electron chi connectivity index (χ1n) is 10.3. The predicted octanol–water partition coefficient (Wildman–Crippen LogP) is 3.63. The van der Waals surface area contributed by atoms with E-state index in [1.54, 1.807) is 11.3 Å². The van der Waals surface area contributed by atoms with Crippen molar-refractivity contribution in [3.63, 3.8) is 0 Å². The first-order valence-corrected chi connectivity index (χ1v) is 11.1. The van der Waals surface area contributed by atoms with Crippen molar-refractivity contribution in [2.24, 2.45) is 11.8 Å². The molecule has 0 N–H and O–H groups in total. The average Bonchev–Trinajstić information content (AvgIpc) is 3.41. The zero-order valence-corrected chi connectivity index (χ0v) is 17.8. The van der Waals surface area contributed by atoms with E-state index in [1.807, 2.05) is 30.3 Å². The molecule has 2 saturated heterocycles. The normalized spacial score (nSPS) is 21.8. The highest BCUT2D eigenvalue weighted by Crippen LogP contribution is 2.33. The molecule has 3 aromatic rings. The Hall–Kier alpha value is -2.48. The van der Waals surface area contributed by atoms with Gasteiger partial charge in [-0.3, -0.25) is 14.6 Å². The highest BCUT2D eigenvalue weighted by Gasteiger charge is 2.40. The van der Waals surface area contributed by atoms with Gasteiger partial charge in [-0.05, 0) is 41.7 Å². The van der Waals surface area contributed by atoms with Crippen LogP contribution in [0.25, 0.3) is 10.2 Å². The molecule has 2 aromatic carbocycles. The van der Waals surface area contributed by atoms with Crippen LogP contribution >= 0.6 is 11.3 Å². The van der Waals surface area contributed by atoms with Crippen molar-refractivity contribution in [3.8, 4) is 10.9 Å². The number of esters is 1. The number of carbonyl (C=O) groups excluding carboxylic acids is 1. The number of ether oxygens (including phenoxy) is 2. The highest BCUT2D eigenvalue weighted by molar-refractivity contribution is 7.20. The number of rotatable bonds is 6. The van der Waals surface area contributed by atoms with Crippen molar-refractivity contribution in [2.45, 2.75) is 6.54 Å². The number of fused-ring (bicyclic) bond motifs is 2. The SMILES string of the molecule is COC(=O)CN1CC2CN(Cc3ccc(Oc4nc5ccccc5s4)cc3)CC2C1. The fourth-order valence-corrected chi connectivity index (χ4v) is 5.44. The summed E-state index contributed by atoms with van der Waals surface area (Å²) in [5.74, 6) is 1.97. The van der Waals surface area contributed by atoms with Crippen LogP contribution in [0, 0.1) is 11.8 Å². The Morgan fingerprint density at radius 1 is 1.03 bits per heavy atom. The molecule has 5 rings (SSSR count). The van der Waals surface area contributed by atoms with Gasteiger partial charge in [0.1, 0.15) is 5.75 Å². The molecular formula is C23H25N3O3S. The summed E-state index contributed by atoms with van der Waals surface area (Å²) >= 11 is 1.56. The molecule has 30 heavy (non-hydrogen) atoms. The monoisotopic (exact) mass is 423 g/mol. The smallest absolute Gasteiger partial charge is 0.319 e. The molecule has 2 aliphatic heterocycles. The van der Waals surface area contributed by atoms with Crippen molar-refractivity contribution in [1.29, 1.82) is 0 Å². The maximum Gasteiger partial charge on any atom is 0.319 e. The molecule has 0 amide bonds. The first-order chi connectivity index (χ1) is 14.7. The van der Waals surface area contributed by atoms with Crippen LogP contribution in [-0.4, -0.2) is 60.6 Å². The molecule has 0 radical (unpaired) electrons. The lowest BCUT2D eigenvalue weighted by molar-refractivity contribution is -0.141. The molecule has 0 spiro atoms. The zero-order chi connectivity index (χ0) is 20.5. The number of hydrogen-bond acceptors (Lipinski definition) is 7. The third-order valence-electron chi connectivity index (χ3n) is 6.03. The fourth-order valence-electron chi connectivity index (χ4n) is 4.61. The van der Waals surface area contributed by atoms with E-state index in [0.29, 0.717) is 23.6 Å². The second-order valence-corrected chi connectivity index (χ2v) is 9.17. The Morgan fingerprint density at radius 3 is 2.43 bits per heavy atom. The second-order valence-electron chi connectivity index (χ2n) is 8.18. The topological polar surface area (TPSA) is 54.9 Å². The number of carbonyl (C=O) groups is 1. The van der Waals surface area contributed by atoms with E-state index < -0.39 is 0 Å². The minimum atomic E-state index is -0.139. The first kappa shape index (κ1) is 19.5. The standard InChI is InChI=1S/C23H25N3O3S/c1-28-22(27)15-26-13-17-11-25(12-18(17)14-26)10-16-6-8-19(9-7-16)29-23-24-20-4-2-3-5-21(20)30-23/h2-9,17-18H,10-15H2,1H3. The Bertz CT molecular complexity index is 989. The molecular weight excluding hydrogens is 398 g/mol. The third kappa shape index (κ3) is 4.19. The number of thiazole rings is 1. The largest absolute Gasteiger partial charge is 0.468 e. The lowest BCUT2D eigenvalue weighted by Gasteiger charge is -2.20. The molecule has 2 aliphatic rings. The van der Waals surface area contributed by atoms with E-state index in [2.05, 4.69) is 33.0 Å². The Labute approximate surface area is 180 Å². The van der Waals surface area contributed by atoms with E-state index in [-0.39, 0.29) is 5.97 Å². The molecule has 1 aromatic heterocycles. The van der Waals surface area contributed by atoms with Gasteiger partial charge in [-0.15, -0.1) is 0 Å². The summed E-state index contributed by atoms with van der Waals surface area (Å²) < 4.78 is 11.9. The maximum atomic E-state index is 11.5. The summed E-state index contributed by atoms with van der Waals surface area (Å²) in [5.41, 5.74) is 2.26. The van der Waals surface area contributed by atoms with Crippen molar-refractivity contribution >= 4 is 27.5 Å². The zero-order valence-electron chi connectivity index (χ0n) is 17.0. The van der Waals surface area contributed by atoms with Gasteiger partial charge in [0.2, 0.25) is 0 Å². The number of nitrogens with zero attached hydrogens (tertiary/aromatic N) is 3. The third-order valence-corrected chi connectivity index (χ3v) is 6.94. The number of likely N-dealkylation sites (tertiary alicyclic amines) is 2. The maximum absolute atomic E-state index is 11.5. The molecule has 0 bridgehead atoms. The molecule has 7 heteroatoms. The lowest BCUT2D eigenvalue weighted by atomic mass is 10.0. The molecule has 2 atom stereocenters. The van der Waals surface area contributed by atoms with E-state index >= 15 is 0 Å². The van der Waals surface area contributed by atoms with Crippen molar-refractivity contribution in [2.75, 3.05) is 39.8 Å². The van der Waals surface area contributed by atoms with Crippen LogP contribution in [0.15, 0.2) is 48.5 Å². The summed E-state index contributed by atoms with van der Waals surface area (Å²) in [5, 5.41) is 0.674. The average molecular weight is 424 g/mol. The summed E-state index contributed by atoms with van der Waals surface area (Å²) in [7, 11) is 1.45. The van der Waals surface area contributed by atoms with Gasteiger partial charge in [0, 0.05) is 32.7 Å². The summed E-state index contributed by atoms with van der Waals surface area (Å²) in [6, 6.07) is 16.4. The van der Waals surface area contributed by atoms with E-state index in [9.17, 15) is 4.79 Å². The van der Waals surface area contributed by atoms with Gasteiger partial charge in [-0.2, -0.15) is 0 Å². The van der Waals surface area contributed by atoms with Gasteiger partial charge in [0.05, 0.1) is 23.9 Å². The van der Waals surface area contributed by atoms with E-state index in [1.165, 1.54) is 12.7 Å². The van der Waals surface area contributed by atoms with Gasteiger partial charge in [0.15, 0.2) is 0 Å². The predicted molar refractivity (Wildman–Crippen MR) is 117 cm³/mol. The number of methoxy groups -OCH3 is 1. The fraction of sp³-hybridized carbons (Fsp3) is 0.391. The van der Waals surface area contributed by atoms with Crippen LogP contribution in [-0.2, 0) is 16.1 Å². The molecule has 0 aliphatic carbocycles. The summed E-state index contributed by atoms with van der Waals surface area (Å²) in [6.07, 6.45) is 0. The number of hydrogen-bond donors (Lipinski definition) is 0. The number of aromatic nitrogens is 1. The molecule has 6 nitrogen and oxygen atoms in total. The van der Waals surface area contributed by atoms with E-state index in [0.717, 1.165) is 48.7 Å². The van der Waals surface area contributed by atoms with Gasteiger partial charge >= 0.3 is 5.97 Å². The summed E-state index contributed by atoms with van der Waals surface area (Å²) in [4.78, 5) is 20.8. The van der Waals surface area contributed by atoms with Crippen LogP contribution in [0.3, 0.4) is 0 Å². The molecule has 2 fully saturated rings. The number of benzene rings is 2. The van der Waals surface area contributed by atoms with Crippen LogP contribution < -0.4 is 4.74 Å². The quantitative estimate of drug-likeness (QED) is 0.565. The van der Waals surface area contributed by atoms with Gasteiger partial charge < -0.3 is 9.47 Å². The van der Waals surface area contributed by atoms with Crippen LogP contribution in [0.4, 0.5) is 0 Å². The Kier molecular flexibility index (Phi) is 5.41. The van der Waals surface area contributed by atoms with Gasteiger partial charge in [-0.1, -0.05) is 35.6 Å². The Morgan fingerprint density at radius 2 is 1.73 bits per heavy atom. The van der Waals surface area contributed by atoms with Crippen molar-refractivity contribution in [1.82, 2.24) is 14.8 Å². The lowest BCUT2D eigenvalue weighted by Crippen LogP contribution is -2.32. The van der Waals surface area contributed by atoms with Crippen molar-refractivity contribution in [3.05, 3.63) is 54.1 Å². The summed E-state index contributed by atoms with van der Waals surface area (Å²) in [6.45, 7) is 5.53. The number of para-hydroxylation sites is 1. The van der Waals surface area contributed by atoms with Gasteiger partial charge in [0.25, 0.3) is 5.19 Å². The van der Waals surface area contributed by atoms with Crippen LogP contribution in [0.5, 0.6) is 10.9 Å². The molecule has 0 saturated carbocycles. The van der Waals surface area contributed by atoms with E-state index in [4.69, 9.17) is 9.47 Å². The Balaban J connectivity index is 1.14. The minimum Gasteiger partial charge on any atom is -0.468 e. The van der Waals surface area contributed by atoms with Crippen LogP contribution in [0.2, 0.25) is 0 Å². The second kappa shape index (κ2) is 8.34. The molecule has 156 valence electrons. The van der Waals surface area contributed by atoms with Crippen LogP contribution in [0.1, 0.15) is 5.56 Å². The highest BCUT2D eigenvalue weighted by atomic mass is 32.1.